The van der Waals surface area contributed by atoms with Crippen molar-refractivity contribution < 1.29 is 28.4 Å². The van der Waals surface area contributed by atoms with Crippen LogP contribution in [0.25, 0.3) is 22.5 Å². The Morgan fingerprint density at radius 1 is 1.05 bits per heavy atom. The number of nitrogens with zero attached hydrogens (tertiary/aromatic N) is 5. The lowest BCUT2D eigenvalue weighted by molar-refractivity contribution is -0.150. The number of rotatable bonds is 6. The predicted octanol–water partition coefficient (Wildman–Crippen LogP) is 1.83. The van der Waals surface area contributed by atoms with Crippen LogP contribution in [-0.4, -0.2) is 68.2 Å². The van der Waals surface area contributed by atoms with Crippen LogP contribution in [0, 0.1) is 0 Å². The van der Waals surface area contributed by atoms with Gasteiger partial charge in [0.1, 0.15) is 11.7 Å². The fourth-order valence-electron chi connectivity index (χ4n) is 5.20. The molecule has 12 nitrogen and oxygen atoms in total. The minimum Gasteiger partial charge on any atom is -0.481 e. The van der Waals surface area contributed by atoms with E-state index >= 15 is 0 Å². The molecule has 2 aromatic heterocycles. The Labute approximate surface area is 222 Å². The van der Waals surface area contributed by atoms with Crippen molar-refractivity contribution in [1.29, 1.82) is 0 Å². The molecule has 3 aliphatic heterocycles. The van der Waals surface area contributed by atoms with Gasteiger partial charge in [0.15, 0.2) is 0 Å². The maximum absolute atomic E-state index is 13.4. The van der Waals surface area contributed by atoms with E-state index < -0.39 is 29.7 Å². The van der Waals surface area contributed by atoms with Crippen LogP contribution in [0.1, 0.15) is 31.6 Å². The summed E-state index contributed by atoms with van der Waals surface area (Å²) in [5.74, 6) is -0.880. The molecule has 0 radical (unpaired) electrons. The number of hydrogen-bond acceptors (Lipinski definition) is 10. The molecule has 0 bridgehead atoms. The van der Waals surface area contributed by atoms with Gasteiger partial charge in [-0.2, -0.15) is 4.98 Å². The van der Waals surface area contributed by atoms with Gasteiger partial charge in [0.25, 0.3) is 11.8 Å². The average Bonchev–Trinajstić information content (AvgIpc) is 3.52. The lowest BCUT2D eigenvalue weighted by Gasteiger charge is -2.29. The Kier molecular flexibility index (Phi) is 6.14. The topological polar surface area (TPSA) is 148 Å². The van der Waals surface area contributed by atoms with Crippen molar-refractivity contribution in [1.82, 2.24) is 30.2 Å². The number of nitrogens with one attached hydrogen (secondary N) is 1. The number of carbonyl (C=O) groups is 4. The third kappa shape index (κ3) is 4.43. The lowest BCUT2D eigenvalue weighted by atomic mass is 10.0. The molecular weight excluding hydrogens is 504 g/mol. The quantitative estimate of drug-likeness (QED) is 0.470. The van der Waals surface area contributed by atoms with Gasteiger partial charge in [-0.1, -0.05) is 23.4 Å². The average molecular weight is 529 g/mol. The summed E-state index contributed by atoms with van der Waals surface area (Å²) in [6.07, 6.45) is 2.94. The third-order valence-corrected chi connectivity index (χ3v) is 7.07. The smallest absolute Gasteiger partial charge is 0.278 e. The van der Waals surface area contributed by atoms with E-state index in [0.29, 0.717) is 36.7 Å². The summed E-state index contributed by atoms with van der Waals surface area (Å²) in [5.41, 5.74) is 3.22. The van der Waals surface area contributed by atoms with Crippen LogP contribution in [0.5, 0.6) is 5.88 Å². The SMILES string of the molecule is COc1cc(-c2cccc(-c3noc(CN4CCCC5=C4C(=O)N(C4CCC(=O)NC4=O)C5=O)n3)c2)ccn1. The summed E-state index contributed by atoms with van der Waals surface area (Å²) < 4.78 is 10.7. The highest BCUT2D eigenvalue weighted by molar-refractivity contribution is 6.21. The van der Waals surface area contributed by atoms with Gasteiger partial charge >= 0.3 is 0 Å². The van der Waals surface area contributed by atoms with Crippen LogP contribution in [0.15, 0.2) is 58.4 Å². The zero-order chi connectivity index (χ0) is 27.1. The highest BCUT2D eigenvalue weighted by Crippen LogP contribution is 2.35. The molecule has 1 aromatic carbocycles. The number of piperidine rings is 1. The van der Waals surface area contributed by atoms with Gasteiger partial charge < -0.3 is 14.2 Å². The molecule has 1 fully saturated rings. The van der Waals surface area contributed by atoms with Crippen molar-refractivity contribution in [3.8, 4) is 28.4 Å². The first-order valence-electron chi connectivity index (χ1n) is 12.6. The molecule has 4 amide bonds. The predicted molar refractivity (Wildman–Crippen MR) is 134 cm³/mol. The molecule has 0 aliphatic carbocycles. The molecule has 1 unspecified atom stereocenters. The van der Waals surface area contributed by atoms with E-state index in [-0.39, 0.29) is 31.0 Å². The Hall–Kier alpha value is -4.87. The Bertz CT molecular complexity index is 1540. The second-order valence-electron chi connectivity index (χ2n) is 9.48. The number of aromatic nitrogens is 3. The largest absolute Gasteiger partial charge is 0.481 e. The van der Waals surface area contributed by atoms with Crippen LogP contribution in [0.4, 0.5) is 0 Å². The number of amides is 4. The van der Waals surface area contributed by atoms with E-state index in [1.54, 1.807) is 18.2 Å². The molecule has 3 aromatic rings. The second kappa shape index (κ2) is 9.78. The number of hydrogen-bond donors (Lipinski definition) is 1. The van der Waals surface area contributed by atoms with Gasteiger partial charge in [-0.05, 0) is 42.5 Å². The van der Waals surface area contributed by atoms with Crippen molar-refractivity contribution in [3.63, 3.8) is 0 Å². The van der Waals surface area contributed by atoms with Gasteiger partial charge in [-0.25, -0.2) is 4.98 Å². The van der Waals surface area contributed by atoms with Gasteiger partial charge in [-0.15, -0.1) is 0 Å². The van der Waals surface area contributed by atoms with E-state index in [1.165, 1.54) is 0 Å². The number of imide groups is 2. The summed E-state index contributed by atoms with van der Waals surface area (Å²) in [4.78, 5) is 61.9. The number of carbonyl (C=O) groups excluding carboxylic acids is 4. The van der Waals surface area contributed by atoms with Crippen molar-refractivity contribution in [3.05, 3.63) is 59.8 Å². The highest BCUT2D eigenvalue weighted by atomic mass is 16.5. The molecule has 1 saturated heterocycles. The summed E-state index contributed by atoms with van der Waals surface area (Å²) in [5, 5.41) is 6.35. The molecule has 198 valence electrons. The van der Waals surface area contributed by atoms with Crippen LogP contribution in [0.2, 0.25) is 0 Å². The highest BCUT2D eigenvalue weighted by Gasteiger charge is 2.48. The fourth-order valence-corrected chi connectivity index (χ4v) is 5.20. The summed E-state index contributed by atoms with van der Waals surface area (Å²) in [7, 11) is 1.56. The molecule has 1 N–H and O–H groups in total. The standard InChI is InChI=1S/C27H24N6O6/c1-38-21-13-16(9-10-28-21)15-4-2-5-17(12-15)24-30-22(39-31-24)14-32-11-3-6-18-23(32)27(37)33(26(18)36)19-7-8-20(34)29-25(19)35/h2,4-5,9-10,12-13,19H,3,6-8,11,14H2,1H3,(H,29,34,35). The van der Waals surface area contributed by atoms with Crippen molar-refractivity contribution >= 4 is 23.6 Å². The van der Waals surface area contributed by atoms with Crippen LogP contribution >= 0.6 is 0 Å². The van der Waals surface area contributed by atoms with Crippen LogP contribution < -0.4 is 10.1 Å². The number of methoxy groups -OCH3 is 1. The Balaban J connectivity index is 1.22. The molecule has 12 heteroatoms. The van der Waals surface area contributed by atoms with Crippen LogP contribution in [0.3, 0.4) is 0 Å². The van der Waals surface area contributed by atoms with E-state index in [0.717, 1.165) is 21.6 Å². The molecule has 5 heterocycles. The Morgan fingerprint density at radius 2 is 1.87 bits per heavy atom. The summed E-state index contributed by atoms with van der Waals surface area (Å²) in [6, 6.07) is 10.4. The van der Waals surface area contributed by atoms with Crippen molar-refractivity contribution in [2.45, 2.75) is 38.3 Å². The van der Waals surface area contributed by atoms with E-state index in [4.69, 9.17) is 9.26 Å². The zero-order valence-corrected chi connectivity index (χ0v) is 21.0. The Morgan fingerprint density at radius 3 is 2.69 bits per heavy atom. The maximum Gasteiger partial charge on any atom is 0.278 e. The molecule has 6 rings (SSSR count). The number of ether oxygens (including phenoxy) is 1. The van der Waals surface area contributed by atoms with E-state index in [9.17, 15) is 19.2 Å². The first-order chi connectivity index (χ1) is 18.9. The normalized spacial score (nSPS) is 19.5. The van der Waals surface area contributed by atoms with Gasteiger partial charge in [0.05, 0.1) is 13.7 Å². The maximum atomic E-state index is 13.4. The van der Waals surface area contributed by atoms with Gasteiger partial charge in [0, 0.05) is 36.4 Å². The van der Waals surface area contributed by atoms with E-state index in [1.807, 2.05) is 36.4 Å². The third-order valence-electron chi connectivity index (χ3n) is 7.07. The van der Waals surface area contributed by atoms with Crippen molar-refractivity contribution in [2.75, 3.05) is 13.7 Å². The summed E-state index contributed by atoms with van der Waals surface area (Å²) >= 11 is 0. The monoisotopic (exact) mass is 528 g/mol. The molecule has 3 aliphatic rings. The van der Waals surface area contributed by atoms with E-state index in [2.05, 4.69) is 20.4 Å². The molecule has 1 atom stereocenters. The molecule has 39 heavy (non-hydrogen) atoms. The van der Waals surface area contributed by atoms with Crippen LogP contribution in [-0.2, 0) is 25.7 Å². The first-order valence-corrected chi connectivity index (χ1v) is 12.6. The van der Waals surface area contributed by atoms with Crippen molar-refractivity contribution in [2.24, 2.45) is 0 Å². The lowest BCUT2D eigenvalue weighted by Crippen LogP contribution is -2.55. The first kappa shape index (κ1) is 24.5. The number of pyridine rings is 1. The molecule has 0 saturated carbocycles. The minimum atomic E-state index is -1.00. The second-order valence-corrected chi connectivity index (χ2v) is 9.48. The van der Waals surface area contributed by atoms with Gasteiger partial charge in [-0.3, -0.25) is 29.4 Å². The minimum absolute atomic E-state index is 0.0719. The van der Waals surface area contributed by atoms with Gasteiger partial charge in [0.2, 0.25) is 29.4 Å². The molecule has 0 spiro atoms. The number of benzene rings is 1. The zero-order valence-electron chi connectivity index (χ0n) is 21.0. The summed E-state index contributed by atoms with van der Waals surface area (Å²) in [6.45, 7) is 0.646. The fraction of sp³-hybridized carbons (Fsp3) is 0.296. The molecular formula is C27H24N6O6.